The van der Waals surface area contributed by atoms with Crippen LogP contribution in [0.3, 0.4) is 0 Å². The molecule has 0 fully saturated rings. The van der Waals surface area contributed by atoms with Crippen LogP contribution in [-0.2, 0) is 9.53 Å². The number of nitro benzene ring substituents is 1. The predicted molar refractivity (Wildman–Crippen MR) is 151 cm³/mol. The molecule has 2 amide bonds. The third-order valence-corrected chi connectivity index (χ3v) is 6.23. The summed E-state index contributed by atoms with van der Waals surface area (Å²) in [4.78, 5) is 35.3. The summed E-state index contributed by atoms with van der Waals surface area (Å²) in [6.07, 6.45) is 0.0560. The van der Waals surface area contributed by atoms with Crippen molar-refractivity contribution >= 4 is 39.8 Å². The number of nitrogens with one attached hydrogen (secondary N) is 3. The van der Waals surface area contributed by atoms with Gasteiger partial charge in [0.15, 0.2) is 17.7 Å². The molecule has 2 aromatic rings. The number of aliphatic hydroxyl groups is 1. The molecule has 0 unspecified atom stereocenters. The highest BCUT2D eigenvalue weighted by atomic mass is 79.9. The van der Waals surface area contributed by atoms with E-state index in [1.807, 2.05) is 0 Å². The van der Waals surface area contributed by atoms with Crippen LogP contribution in [0.2, 0.25) is 0 Å². The van der Waals surface area contributed by atoms with Gasteiger partial charge in [-0.1, -0.05) is 6.07 Å². The number of aliphatic hydroxyl groups excluding tert-OH is 1. The topological polar surface area (TPSA) is 183 Å². The lowest BCUT2D eigenvalue weighted by molar-refractivity contribution is -0.385. The van der Waals surface area contributed by atoms with E-state index in [0.717, 1.165) is 0 Å². The van der Waals surface area contributed by atoms with Crippen LogP contribution in [0.1, 0.15) is 37.9 Å². The van der Waals surface area contributed by atoms with Gasteiger partial charge in [0.2, 0.25) is 5.75 Å². The molecule has 14 nitrogen and oxygen atoms in total. The zero-order chi connectivity index (χ0) is 30.1. The molecule has 1 aliphatic rings. The van der Waals surface area contributed by atoms with Crippen molar-refractivity contribution in [1.82, 2.24) is 16.1 Å². The summed E-state index contributed by atoms with van der Waals surface area (Å²) >= 11 is 3.27. The fourth-order valence-electron chi connectivity index (χ4n) is 3.92. The Morgan fingerprint density at radius 1 is 1.22 bits per heavy atom. The van der Waals surface area contributed by atoms with Crippen LogP contribution in [-0.4, -0.2) is 61.4 Å². The van der Waals surface area contributed by atoms with Crippen molar-refractivity contribution in [3.8, 4) is 17.2 Å². The summed E-state index contributed by atoms with van der Waals surface area (Å²) in [5, 5.41) is 30.9. The summed E-state index contributed by atoms with van der Waals surface area (Å²) in [6.45, 7) is 5.42. The average Bonchev–Trinajstić information content (AvgIpc) is 2.92. The van der Waals surface area contributed by atoms with E-state index in [1.165, 1.54) is 19.4 Å². The molecule has 0 saturated heterocycles. The molecule has 0 bridgehead atoms. The summed E-state index contributed by atoms with van der Waals surface area (Å²) in [5.41, 5.74) is 3.81. The van der Waals surface area contributed by atoms with Crippen LogP contribution in [0.15, 0.2) is 51.2 Å². The van der Waals surface area contributed by atoms with Gasteiger partial charge in [0.05, 0.1) is 47.5 Å². The minimum atomic E-state index is -1.25. The Morgan fingerprint density at radius 3 is 2.61 bits per heavy atom. The van der Waals surface area contributed by atoms with Gasteiger partial charge in [0, 0.05) is 17.3 Å². The molecule has 0 saturated carbocycles. The van der Waals surface area contributed by atoms with E-state index in [9.17, 15) is 24.8 Å². The monoisotopic (exact) mass is 635 g/mol. The molecule has 0 spiro atoms. The first kappa shape index (κ1) is 31.2. The number of urea groups is 1. The smallest absolute Gasteiger partial charge is 0.337 e. The van der Waals surface area contributed by atoms with Gasteiger partial charge < -0.3 is 34.7 Å². The lowest BCUT2D eigenvalue weighted by Crippen LogP contribution is -2.45. The molecule has 1 aliphatic heterocycles. The zero-order valence-corrected chi connectivity index (χ0v) is 24.3. The molecule has 4 N–H and O–H groups in total. The Hall–Kier alpha value is -4.37. The molecule has 2 aromatic carbocycles. The zero-order valence-electron chi connectivity index (χ0n) is 22.7. The Balaban J connectivity index is 1.71. The Labute approximate surface area is 244 Å². The number of allylic oxidation sites excluding steroid dienone is 1. The third kappa shape index (κ3) is 7.85. The van der Waals surface area contributed by atoms with Crippen LogP contribution in [0, 0.1) is 10.1 Å². The van der Waals surface area contributed by atoms with Gasteiger partial charge in [-0.25, -0.2) is 9.59 Å². The molecule has 15 heteroatoms. The van der Waals surface area contributed by atoms with Crippen molar-refractivity contribution in [1.29, 1.82) is 0 Å². The number of nitro groups is 1. The molecular weight excluding hydrogens is 606 g/mol. The van der Waals surface area contributed by atoms with Crippen LogP contribution in [0.4, 0.5) is 10.5 Å². The van der Waals surface area contributed by atoms with Gasteiger partial charge in [-0.2, -0.15) is 5.10 Å². The number of carbonyl (C=O) groups is 2. The van der Waals surface area contributed by atoms with Gasteiger partial charge in [0.1, 0.15) is 6.61 Å². The maximum Gasteiger partial charge on any atom is 0.337 e. The molecule has 0 radical (unpaired) electrons. The van der Waals surface area contributed by atoms with Gasteiger partial charge in [0.25, 0.3) is 0 Å². The van der Waals surface area contributed by atoms with Crippen molar-refractivity contribution < 1.29 is 38.6 Å². The summed E-state index contributed by atoms with van der Waals surface area (Å²) in [7, 11) is 1.25. The van der Waals surface area contributed by atoms with Crippen LogP contribution < -0.4 is 30.3 Å². The minimum Gasteiger partial charge on any atom is -0.490 e. The van der Waals surface area contributed by atoms with Crippen LogP contribution in [0.25, 0.3) is 0 Å². The normalized spacial score (nSPS) is 15.6. The number of ether oxygens (including phenoxy) is 4. The standard InChI is InChI=1S/C26H30BrN5O9/c1-5-39-20-11-16(23-22(25(34)38-4)14(3)29-26(35)30-23)7-8-19(20)41-13-21(33)31-28-12-15-9-17(27)24(40-6-2)18(10-15)32(36)37/h7-12,21,23,31,33H,5-6,13H2,1-4H3,(H2,29,30,35)/b28-12+/t21-,23+/m1/s1. The van der Waals surface area contributed by atoms with Gasteiger partial charge in [-0.3, -0.25) is 15.5 Å². The van der Waals surface area contributed by atoms with E-state index in [4.69, 9.17) is 18.9 Å². The number of methoxy groups -OCH3 is 1. The number of benzene rings is 2. The number of nitrogens with zero attached hydrogens (tertiary/aromatic N) is 2. The molecule has 2 atom stereocenters. The number of amides is 2. The number of halogens is 1. The number of hydrazone groups is 1. The second-order valence-electron chi connectivity index (χ2n) is 8.46. The van der Waals surface area contributed by atoms with Crippen molar-refractivity contribution in [3.63, 3.8) is 0 Å². The van der Waals surface area contributed by atoms with Crippen molar-refractivity contribution in [2.45, 2.75) is 33.0 Å². The molecular formula is C26H30BrN5O9. The summed E-state index contributed by atoms with van der Waals surface area (Å²) < 4.78 is 22.0. The highest BCUT2D eigenvalue weighted by Crippen LogP contribution is 2.36. The third-order valence-electron chi connectivity index (χ3n) is 5.64. The molecule has 3 rings (SSSR count). The van der Waals surface area contributed by atoms with Crippen LogP contribution >= 0.6 is 15.9 Å². The summed E-state index contributed by atoms with van der Waals surface area (Å²) in [6, 6.07) is 6.50. The highest BCUT2D eigenvalue weighted by molar-refractivity contribution is 9.10. The van der Waals surface area contributed by atoms with E-state index in [2.05, 4.69) is 37.1 Å². The molecule has 0 aromatic heterocycles. The largest absolute Gasteiger partial charge is 0.490 e. The molecule has 1 heterocycles. The van der Waals surface area contributed by atoms with Crippen LogP contribution in [0.5, 0.6) is 17.2 Å². The van der Waals surface area contributed by atoms with E-state index >= 15 is 0 Å². The molecule has 41 heavy (non-hydrogen) atoms. The number of carbonyl (C=O) groups excluding carboxylic acids is 2. The first-order valence-corrected chi connectivity index (χ1v) is 13.2. The molecule has 0 aliphatic carbocycles. The predicted octanol–water partition coefficient (Wildman–Crippen LogP) is 3.28. The van der Waals surface area contributed by atoms with Crippen molar-refractivity contribution in [3.05, 3.63) is 67.3 Å². The van der Waals surface area contributed by atoms with Crippen molar-refractivity contribution in [2.24, 2.45) is 5.10 Å². The van der Waals surface area contributed by atoms with E-state index < -0.39 is 29.2 Å². The second kappa shape index (κ2) is 14.3. The first-order chi connectivity index (χ1) is 19.6. The first-order valence-electron chi connectivity index (χ1n) is 12.4. The SMILES string of the molecule is CCOc1cc([C@@H]2NC(=O)NC(C)=C2C(=O)OC)ccc1OC[C@@H](O)N/N=C/c1cc(Br)c(OCC)c([N+](=O)[O-])c1. The highest BCUT2D eigenvalue weighted by Gasteiger charge is 2.32. The van der Waals surface area contributed by atoms with E-state index in [-0.39, 0.29) is 30.2 Å². The average molecular weight is 636 g/mol. The number of hydrogen-bond donors (Lipinski definition) is 4. The number of esters is 1. The quantitative estimate of drug-likeness (QED) is 0.0837. The fourth-order valence-corrected chi connectivity index (χ4v) is 4.50. The lowest BCUT2D eigenvalue weighted by Gasteiger charge is -2.28. The Bertz CT molecular complexity index is 1370. The van der Waals surface area contributed by atoms with E-state index in [1.54, 1.807) is 45.0 Å². The Kier molecular flexibility index (Phi) is 10.9. The number of hydrogen-bond acceptors (Lipinski definition) is 11. The maximum absolute atomic E-state index is 12.4. The van der Waals surface area contributed by atoms with Gasteiger partial charge >= 0.3 is 17.7 Å². The Morgan fingerprint density at radius 2 is 1.95 bits per heavy atom. The van der Waals surface area contributed by atoms with E-state index in [0.29, 0.717) is 39.4 Å². The summed E-state index contributed by atoms with van der Waals surface area (Å²) in [5.74, 6) is 0.136. The number of rotatable bonds is 13. The van der Waals surface area contributed by atoms with Crippen molar-refractivity contribution in [2.75, 3.05) is 26.9 Å². The molecule has 220 valence electrons. The van der Waals surface area contributed by atoms with Gasteiger partial charge in [-0.15, -0.1) is 0 Å². The van der Waals surface area contributed by atoms with Gasteiger partial charge in [-0.05, 0) is 60.5 Å². The minimum absolute atomic E-state index is 0.113. The second-order valence-corrected chi connectivity index (χ2v) is 9.31. The maximum atomic E-state index is 12.4. The fraction of sp³-hybridized carbons (Fsp3) is 0.346. The lowest BCUT2D eigenvalue weighted by atomic mass is 9.95.